The first-order chi connectivity index (χ1) is 8.70. The van der Waals surface area contributed by atoms with Crippen LogP contribution in [-0.2, 0) is 0 Å². The summed E-state index contributed by atoms with van der Waals surface area (Å²) in [6, 6.07) is 4.55. The molecule has 3 rings (SSSR count). The Kier molecular flexibility index (Phi) is 3.00. The number of hydrogen-bond donors (Lipinski definition) is 1. The predicted molar refractivity (Wildman–Crippen MR) is 68.5 cm³/mol. The minimum atomic E-state index is -0.776. The molecule has 0 saturated heterocycles. The normalized spacial score (nSPS) is 25.8. The first-order valence-corrected chi connectivity index (χ1v) is 6.91. The summed E-state index contributed by atoms with van der Waals surface area (Å²) in [7, 11) is 0. The van der Waals surface area contributed by atoms with E-state index in [0.29, 0.717) is 17.1 Å². The molecular formula is C15H19F2N. The van der Waals surface area contributed by atoms with Crippen molar-refractivity contribution in [1.29, 1.82) is 0 Å². The fourth-order valence-corrected chi connectivity index (χ4v) is 3.56. The lowest BCUT2D eigenvalue weighted by Crippen LogP contribution is -2.50. The van der Waals surface area contributed by atoms with E-state index in [1.807, 2.05) is 0 Å². The van der Waals surface area contributed by atoms with Crippen LogP contribution in [0.4, 0.5) is 14.5 Å². The van der Waals surface area contributed by atoms with Crippen LogP contribution in [-0.4, -0.2) is 6.04 Å². The van der Waals surface area contributed by atoms with E-state index in [1.165, 1.54) is 50.7 Å². The monoisotopic (exact) mass is 251 g/mol. The molecule has 2 fully saturated rings. The predicted octanol–water partition coefficient (Wildman–Crippen LogP) is 4.49. The van der Waals surface area contributed by atoms with E-state index in [9.17, 15) is 8.78 Å². The van der Waals surface area contributed by atoms with Crippen LogP contribution in [0.1, 0.15) is 44.9 Å². The molecule has 2 saturated carbocycles. The number of hydrogen-bond acceptors (Lipinski definition) is 1. The van der Waals surface area contributed by atoms with Crippen molar-refractivity contribution in [3.05, 3.63) is 29.8 Å². The topological polar surface area (TPSA) is 12.0 Å². The van der Waals surface area contributed by atoms with Crippen molar-refractivity contribution in [3.63, 3.8) is 0 Å². The third-order valence-electron chi connectivity index (χ3n) is 4.78. The average molecular weight is 251 g/mol. The smallest absolute Gasteiger partial charge is 0.160 e. The second-order valence-electron chi connectivity index (χ2n) is 5.79. The Labute approximate surface area is 107 Å². The summed E-state index contributed by atoms with van der Waals surface area (Å²) >= 11 is 0. The Balaban J connectivity index is 1.70. The van der Waals surface area contributed by atoms with Crippen molar-refractivity contribution < 1.29 is 8.78 Å². The van der Waals surface area contributed by atoms with Gasteiger partial charge in [-0.1, -0.05) is 19.3 Å². The summed E-state index contributed by atoms with van der Waals surface area (Å²) in [5, 5.41) is 3.40. The summed E-state index contributed by atoms with van der Waals surface area (Å²) in [6.07, 6.45) is 8.99. The zero-order valence-electron chi connectivity index (χ0n) is 10.5. The molecule has 1 spiro atoms. The minimum Gasteiger partial charge on any atom is -0.382 e. The van der Waals surface area contributed by atoms with Crippen LogP contribution in [0.5, 0.6) is 0 Å². The van der Waals surface area contributed by atoms with Crippen LogP contribution in [0.15, 0.2) is 18.2 Å². The molecule has 0 radical (unpaired) electrons. The van der Waals surface area contributed by atoms with Gasteiger partial charge in [-0.2, -0.15) is 0 Å². The van der Waals surface area contributed by atoms with Gasteiger partial charge in [-0.05, 0) is 43.2 Å². The third-order valence-corrected chi connectivity index (χ3v) is 4.78. The van der Waals surface area contributed by atoms with Crippen LogP contribution in [0.3, 0.4) is 0 Å². The average Bonchev–Trinajstić information content (AvgIpc) is 2.40. The standard InChI is InChI=1S/C15H19F2N/c16-12-5-4-11(10-13(12)17)18-14-6-9-15(14)7-2-1-3-8-15/h4-5,10,14,18H,1-3,6-9H2. The second-order valence-corrected chi connectivity index (χ2v) is 5.79. The van der Waals surface area contributed by atoms with Crippen molar-refractivity contribution in [2.75, 3.05) is 5.32 Å². The number of anilines is 1. The molecule has 98 valence electrons. The lowest BCUT2D eigenvalue weighted by atomic mass is 9.57. The lowest BCUT2D eigenvalue weighted by Gasteiger charge is -2.52. The fourth-order valence-electron chi connectivity index (χ4n) is 3.56. The molecule has 3 heteroatoms. The fraction of sp³-hybridized carbons (Fsp3) is 0.600. The quantitative estimate of drug-likeness (QED) is 0.816. The molecule has 2 aliphatic rings. The Bertz CT molecular complexity index is 438. The van der Waals surface area contributed by atoms with Crippen molar-refractivity contribution >= 4 is 5.69 Å². The van der Waals surface area contributed by atoms with Crippen LogP contribution in [0.25, 0.3) is 0 Å². The van der Waals surface area contributed by atoms with E-state index in [1.54, 1.807) is 6.07 Å². The number of rotatable bonds is 2. The summed E-state index contributed by atoms with van der Waals surface area (Å²) in [6.45, 7) is 0. The molecule has 1 nitrogen and oxygen atoms in total. The molecule has 1 unspecified atom stereocenters. The molecule has 0 aliphatic heterocycles. The van der Waals surface area contributed by atoms with E-state index in [-0.39, 0.29) is 0 Å². The Morgan fingerprint density at radius 3 is 2.39 bits per heavy atom. The summed E-state index contributed by atoms with van der Waals surface area (Å²) in [5.74, 6) is -1.54. The van der Waals surface area contributed by atoms with E-state index >= 15 is 0 Å². The number of halogens is 2. The van der Waals surface area contributed by atoms with E-state index in [0.717, 1.165) is 6.42 Å². The highest BCUT2D eigenvalue weighted by Crippen LogP contribution is 2.52. The van der Waals surface area contributed by atoms with Gasteiger partial charge in [0.25, 0.3) is 0 Å². The molecule has 0 aromatic heterocycles. The second kappa shape index (κ2) is 4.52. The van der Waals surface area contributed by atoms with Gasteiger partial charge in [-0.25, -0.2) is 8.78 Å². The highest BCUT2D eigenvalue weighted by atomic mass is 19.2. The van der Waals surface area contributed by atoms with Crippen molar-refractivity contribution in [2.45, 2.75) is 51.0 Å². The van der Waals surface area contributed by atoms with Gasteiger partial charge in [0.05, 0.1) is 0 Å². The van der Waals surface area contributed by atoms with E-state index < -0.39 is 11.6 Å². The molecule has 1 atom stereocenters. The van der Waals surface area contributed by atoms with Gasteiger partial charge in [0.15, 0.2) is 11.6 Å². The summed E-state index contributed by atoms with van der Waals surface area (Å²) in [4.78, 5) is 0. The van der Waals surface area contributed by atoms with Crippen molar-refractivity contribution in [1.82, 2.24) is 0 Å². The first kappa shape index (κ1) is 11.9. The Hall–Kier alpha value is -1.12. The Morgan fingerprint density at radius 2 is 1.78 bits per heavy atom. The number of nitrogens with one attached hydrogen (secondary N) is 1. The van der Waals surface area contributed by atoms with Gasteiger partial charge in [-0.3, -0.25) is 0 Å². The van der Waals surface area contributed by atoms with Crippen LogP contribution >= 0.6 is 0 Å². The SMILES string of the molecule is Fc1ccc(NC2CCC23CCCCC3)cc1F. The lowest BCUT2D eigenvalue weighted by molar-refractivity contribution is 0.0571. The van der Waals surface area contributed by atoms with Crippen LogP contribution in [0.2, 0.25) is 0 Å². The molecule has 0 heterocycles. The van der Waals surface area contributed by atoms with Crippen molar-refractivity contribution in [3.8, 4) is 0 Å². The largest absolute Gasteiger partial charge is 0.382 e. The maximum absolute atomic E-state index is 13.2. The van der Waals surface area contributed by atoms with Gasteiger partial charge < -0.3 is 5.32 Å². The van der Waals surface area contributed by atoms with Gasteiger partial charge >= 0.3 is 0 Å². The number of benzene rings is 1. The molecule has 0 amide bonds. The minimum absolute atomic E-state index is 0.434. The maximum Gasteiger partial charge on any atom is 0.160 e. The maximum atomic E-state index is 13.2. The first-order valence-electron chi connectivity index (χ1n) is 6.91. The van der Waals surface area contributed by atoms with E-state index in [4.69, 9.17) is 0 Å². The van der Waals surface area contributed by atoms with E-state index in [2.05, 4.69) is 5.32 Å². The molecule has 18 heavy (non-hydrogen) atoms. The highest BCUT2D eigenvalue weighted by molar-refractivity contribution is 5.45. The van der Waals surface area contributed by atoms with Gasteiger partial charge in [0.1, 0.15) is 0 Å². The Morgan fingerprint density at radius 1 is 1.00 bits per heavy atom. The van der Waals surface area contributed by atoms with Crippen molar-refractivity contribution in [2.24, 2.45) is 5.41 Å². The van der Waals surface area contributed by atoms with Gasteiger partial charge in [-0.15, -0.1) is 0 Å². The molecule has 0 bridgehead atoms. The molecule has 1 aromatic carbocycles. The summed E-state index contributed by atoms with van der Waals surface area (Å²) in [5.41, 5.74) is 1.15. The molecule has 2 aliphatic carbocycles. The third kappa shape index (κ3) is 2.00. The zero-order chi connectivity index (χ0) is 12.6. The highest BCUT2D eigenvalue weighted by Gasteiger charge is 2.46. The van der Waals surface area contributed by atoms with Gasteiger partial charge in [0, 0.05) is 17.8 Å². The van der Waals surface area contributed by atoms with Crippen LogP contribution < -0.4 is 5.32 Å². The molecule has 1 N–H and O–H groups in total. The molecule has 1 aromatic rings. The zero-order valence-corrected chi connectivity index (χ0v) is 10.5. The summed E-state index contributed by atoms with van der Waals surface area (Å²) < 4.78 is 26.0. The van der Waals surface area contributed by atoms with Crippen LogP contribution in [0, 0.1) is 17.0 Å². The van der Waals surface area contributed by atoms with Gasteiger partial charge in [0.2, 0.25) is 0 Å². The molecular weight excluding hydrogens is 232 g/mol.